The Balaban J connectivity index is 1.86. The lowest BCUT2D eigenvalue weighted by atomic mass is 9.97. The molecule has 1 heterocycles. The van der Waals surface area contributed by atoms with Crippen LogP contribution in [-0.4, -0.2) is 80.4 Å². The maximum atomic E-state index is 12.9. The summed E-state index contributed by atoms with van der Waals surface area (Å²) in [5.74, 6) is -3.20. The molecule has 0 N–H and O–H groups in total. The van der Waals surface area contributed by atoms with Crippen molar-refractivity contribution in [3.05, 3.63) is 65.7 Å². The van der Waals surface area contributed by atoms with E-state index in [1.807, 2.05) is 30.3 Å². The molecule has 1 unspecified atom stereocenters. The van der Waals surface area contributed by atoms with E-state index in [2.05, 4.69) is 0 Å². The topological polar surface area (TPSA) is 159 Å². The molecule has 1 aliphatic heterocycles. The van der Waals surface area contributed by atoms with Crippen molar-refractivity contribution < 1.29 is 61.9 Å². The first-order chi connectivity index (χ1) is 21.0. The highest BCUT2D eigenvalue weighted by atomic mass is 16.7. The van der Waals surface area contributed by atoms with E-state index in [1.54, 1.807) is 24.3 Å². The van der Waals surface area contributed by atoms with E-state index in [1.165, 1.54) is 7.11 Å². The zero-order valence-electron chi connectivity index (χ0n) is 25.1. The molecule has 0 aliphatic carbocycles. The van der Waals surface area contributed by atoms with Crippen LogP contribution in [0.1, 0.15) is 38.8 Å². The number of ether oxygens (including phenoxy) is 8. The minimum absolute atomic E-state index is 0.00148. The quantitative estimate of drug-likeness (QED) is 0.239. The predicted octanol–water partition coefficient (Wildman–Crippen LogP) is 2.45. The molecule has 1 saturated heterocycles. The molecule has 0 bridgehead atoms. The van der Waals surface area contributed by atoms with Crippen molar-refractivity contribution in [1.82, 2.24) is 0 Å². The van der Waals surface area contributed by atoms with Gasteiger partial charge < -0.3 is 37.9 Å². The molecule has 3 rings (SSSR count). The summed E-state index contributed by atoms with van der Waals surface area (Å²) in [7, 11) is 1.17. The van der Waals surface area contributed by atoms with E-state index in [0.717, 1.165) is 33.3 Å². The molecule has 13 heteroatoms. The summed E-state index contributed by atoms with van der Waals surface area (Å²) in [5.41, 5.74) is 1.67. The minimum atomic E-state index is -1.55. The predicted molar refractivity (Wildman–Crippen MR) is 150 cm³/mol. The summed E-state index contributed by atoms with van der Waals surface area (Å²) in [6, 6.07) is 16.6. The lowest BCUT2D eigenvalue weighted by molar-refractivity contribution is -0.315. The zero-order chi connectivity index (χ0) is 32.2. The largest absolute Gasteiger partial charge is 0.489 e. The zero-order valence-corrected chi connectivity index (χ0v) is 25.1. The molecule has 0 saturated carbocycles. The van der Waals surface area contributed by atoms with Crippen LogP contribution < -0.4 is 4.74 Å². The SMILES string of the molecule is COC(=O)C(Cc1ccc(OCc2ccccc2)cc1)O[C@@H]1O[C@H](COC(C)=O)[C@H](OC(C)=O)[C@H](OC(C)=O)[C@H]1OC(C)=O. The summed E-state index contributed by atoms with van der Waals surface area (Å²) >= 11 is 0. The second-order valence-electron chi connectivity index (χ2n) is 9.84. The van der Waals surface area contributed by atoms with Gasteiger partial charge in [0.05, 0.1) is 7.11 Å². The number of methoxy groups -OCH3 is 1. The Morgan fingerprint density at radius 1 is 0.727 bits per heavy atom. The van der Waals surface area contributed by atoms with Crippen molar-refractivity contribution in [2.24, 2.45) is 0 Å². The van der Waals surface area contributed by atoms with Gasteiger partial charge in [-0.15, -0.1) is 0 Å². The van der Waals surface area contributed by atoms with Gasteiger partial charge in [0.1, 0.15) is 25.1 Å². The van der Waals surface area contributed by atoms with Crippen molar-refractivity contribution in [3.63, 3.8) is 0 Å². The standard InChI is InChI=1S/C31H36O13/c1-18(32)38-17-26-27(40-19(2)33)28(41-20(3)34)29(42-21(4)35)31(44-26)43-25(30(36)37-5)15-22-11-13-24(14-12-22)39-16-23-9-7-6-8-10-23/h6-14,25-29,31H,15-17H2,1-5H3/t25?,26-,27+,28+,29-,31-/m1/s1. The maximum Gasteiger partial charge on any atom is 0.335 e. The normalized spacial score (nSPS) is 21.7. The molecule has 1 aliphatic rings. The van der Waals surface area contributed by atoms with Crippen molar-refractivity contribution in [1.29, 1.82) is 0 Å². The van der Waals surface area contributed by atoms with E-state index in [0.29, 0.717) is 17.9 Å². The monoisotopic (exact) mass is 616 g/mol. The van der Waals surface area contributed by atoms with Gasteiger partial charge >= 0.3 is 29.8 Å². The number of carbonyl (C=O) groups is 5. The molecule has 1 fully saturated rings. The Bertz CT molecular complexity index is 1280. The van der Waals surface area contributed by atoms with E-state index >= 15 is 0 Å². The summed E-state index contributed by atoms with van der Waals surface area (Å²) < 4.78 is 44.0. The molecule has 44 heavy (non-hydrogen) atoms. The molecular weight excluding hydrogens is 580 g/mol. The third-order valence-electron chi connectivity index (χ3n) is 6.30. The van der Waals surface area contributed by atoms with Gasteiger partial charge in [0.15, 0.2) is 30.7 Å². The summed E-state index contributed by atoms with van der Waals surface area (Å²) in [4.78, 5) is 60.5. The molecule has 0 aromatic heterocycles. The second kappa shape index (κ2) is 16.4. The van der Waals surface area contributed by atoms with E-state index in [9.17, 15) is 24.0 Å². The molecule has 2 aromatic rings. The van der Waals surface area contributed by atoms with Crippen LogP contribution >= 0.6 is 0 Å². The highest BCUT2D eigenvalue weighted by molar-refractivity contribution is 5.75. The fourth-order valence-electron chi connectivity index (χ4n) is 4.46. The molecule has 0 amide bonds. The summed E-state index contributed by atoms with van der Waals surface area (Å²) in [6.45, 7) is 4.41. The average Bonchev–Trinajstić information content (AvgIpc) is 2.97. The molecule has 238 valence electrons. The number of hydrogen-bond donors (Lipinski definition) is 0. The Hall–Kier alpha value is -4.49. The Labute approximate surface area is 254 Å². The Morgan fingerprint density at radius 2 is 1.32 bits per heavy atom. The Morgan fingerprint density at radius 3 is 1.89 bits per heavy atom. The maximum absolute atomic E-state index is 12.9. The second-order valence-corrected chi connectivity index (χ2v) is 9.84. The summed E-state index contributed by atoms with van der Waals surface area (Å²) in [6.07, 6.45) is -8.37. The van der Waals surface area contributed by atoms with Crippen molar-refractivity contribution in [2.75, 3.05) is 13.7 Å². The van der Waals surface area contributed by atoms with Gasteiger partial charge in [0.2, 0.25) is 0 Å². The lowest BCUT2D eigenvalue weighted by Gasteiger charge is -2.44. The summed E-state index contributed by atoms with van der Waals surface area (Å²) in [5, 5.41) is 0. The average molecular weight is 617 g/mol. The third kappa shape index (κ3) is 10.3. The first-order valence-electron chi connectivity index (χ1n) is 13.8. The third-order valence-corrected chi connectivity index (χ3v) is 6.30. The van der Waals surface area contributed by atoms with Crippen molar-refractivity contribution in [2.45, 2.75) is 77.5 Å². The van der Waals surface area contributed by atoms with E-state index in [-0.39, 0.29) is 6.42 Å². The molecule has 2 aromatic carbocycles. The minimum Gasteiger partial charge on any atom is -0.489 e. The first kappa shape index (κ1) is 34.0. The van der Waals surface area contributed by atoms with Crippen LogP contribution in [0.4, 0.5) is 0 Å². The molecule has 0 radical (unpaired) electrons. The lowest BCUT2D eigenvalue weighted by Crippen LogP contribution is -2.63. The van der Waals surface area contributed by atoms with Gasteiger partial charge in [-0.1, -0.05) is 42.5 Å². The Kier molecular flexibility index (Phi) is 12.7. The van der Waals surface area contributed by atoms with Gasteiger partial charge in [-0.2, -0.15) is 0 Å². The van der Waals surface area contributed by atoms with Crippen LogP contribution in [0.25, 0.3) is 0 Å². The number of benzene rings is 2. The van der Waals surface area contributed by atoms with Crippen molar-refractivity contribution >= 4 is 29.8 Å². The number of rotatable bonds is 13. The number of esters is 5. The number of carbonyl (C=O) groups excluding carboxylic acids is 5. The number of hydrogen-bond acceptors (Lipinski definition) is 13. The van der Waals surface area contributed by atoms with Gasteiger partial charge in [-0.3, -0.25) is 19.2 Å². The highest BCUT2D eigenvalue weighted by Crippen LogP contribution is 2.31. The van der Waals surface area contributed by atoms with Crippen molar-refractivity contribution in [3.8, 4) is 5.75 Å². The van der Waals surface area contributed by atoms with Crippen LogP contribution in [0.3, 0.4) is 0 Å². The van der Waals surface area contributed by atoms with Gasteiger partial charge in [0.25, 0.3) is 0 Å². The molecule has 13 nitrogen and oxygen atoms in total. The first-order valence-corrected chi connectivity index (χ1v) is 13.8. The van der Waals surface area contributed by atoms with Gasteiger partial charge in [-0.25, -0.2) is 4.79 Å². The van der Waals surface area contributed by atoms with Crippen LogP contribution in [0.15, 0.2) is 54.6 Å². The van der Waals surface area contributed by atoms with Gasteiger partial charge in [0, 0.05) is 34.1 Å². The van der Waals surface area contributed by atoms with Crippen LogP contribution in [0, 0.1) is 0 Å². The highest BCUT2D eigenvalue weighted by Gasteiger charge is 2.53. The van der Waals surface area contributed by atoms with Crippen LogP contribution in [-0.2, 0) is 70.2 Å². The smallest absolute Gasteiger partial charge is 0.335 e. The molecule has 6 atom stereocenters. The fraction of sp³-hybridized carbons (Fsp3) is 0.452. The molecular formula is C31H36O13. The van der Waals surface area contributed by atoms with E-state index in [4.69, 9.17) is 37.9 Å². The van der Waals surface area contributed by atoms with Gasteiger partial charge in [-0.05, 0) is 23.3 Å². The fourth-order valence-corrected chi connectivity index (χ4v) is 4.46. The van der Waals surface area contributed by atoms with Crippen LogP contribution in [0.2, 0.25) is 0 Å². The molecule has 0 spiro atoms. The van der Waals surface area contributed by atoms with Crippen LogP contribution in [0.5, 0.6) is 5.75 Å². The van der Waals surface area contributed by atoms with E-state index < -0.39 is 73.3 Å².